The highest BCUT2D eigenvalue weighted by Gasteiger charge is 2.35. The molecule has 72 valence electrons. The summed E-state index contributed by atoms with van der Waals surface area (Å²) in [5.74, 6) is 0. The van der Waals surface area contributed by atoms with Gasteiger partial charge >= 0.3 is 0 Å². The Morgan fingerprint density at radius 3 is 2.85 bits per heavy atom. The number of hydrogen-bond donors (Lipinski definition) is 1. The normalized spacial score (nSPS) is 19.5. The predicted molar refractivity (Wildman–Crippen MR) is 57.6 cm³/mol. The van der Waals surface area contributed by atoms with Gasteiger partial charge in [-0.3, -0.25) is 0 Å². The Bertz CT molecular complexity index is 288. The summed E-state index contributed by atoms with van der Waals surface area (Å²) in [5, 5.41) is 6.91. The summed E-state index contributed by atoms with van der Waals surface area (Å²) in [6.07, 6.45) is 5.03. The Labute approximate surface area is 87.3 Å². The molecular formula is C9H13ClN2S. The van der Waals surface area contributed by atoms with E-state index in [0.717, 1.165) is 5.13 Å². The minimum Gasteiger partial charge on any atom is -0.356 e. The van der Waals surface area contributed by atoms with Gasteiger partial charge in [0.2, 0.25) is 0 Å². The van der Waals surface area contributed by atoms with Gasteiger partial charge in [-0.2, -0.15) is 0 Å². The maximum atomic E-state index is 5.75. The van der Waals surface area contributed by atoms with E-state index >= 15 is 0 Å². The zero-order valence-corrected chi connectivity index (χ0v) is 9.21. The van der Waals surface area contributed by atoms with Crippen LogP contribution in [-0.4, -0.2) is 10.5 Å². The van der Waals surface area contributed by atoms with Gasteiger partial charge in [0.15, 0.2) is 5.13 Å². The van der Waals surface area contributed by atoms with E-state index in [1.807, 2.05) is 5.38 Å². The van der Waals surface area contributed by atoms with Crippen LogP contribution >= 0.6 is 22.9 Å². The largest absolute Gasteiger partial charge is 0.356 e. The third-order valence-corrected chi connectivity index (χ3v) is 3.92. The van der Waals surface area contributed by atoms with Crippen molar-refractivity contribution in [1.29, 1.82) is 0 Å². The summed E-state index contributed by atoms with van der Waals surface area (Å²) in [5.41, 5.74) is 0.321. The van der Waals surface area contributed by atoms with Crippen LogP contribution < -0.4 is 5.32 Å². The molecule has 1 saturated carbocycles. The summed E-state index contributed by atoms with van der Waals surface area (Å²) >= 11 is 7.34. The van der Waals surface area contributed by atoms with E-state index in [1.165, 1.54) is 25.7 Å². The molecule has 0 spiro atoms. The number of halogens is 1. The van der Waals surface area contributed by atoms with Crippen LogP contribution in [0.5, 0.6) is 0 Å². The highest BCUT2D eigenvalue weighted by molar-refractivity contribution is 7.14. The highest BCUT2D eigenvalue weighted by atomic mass is 35.5. The Kier molecular flexibility index (Phi) is 2.47. The molecule has 0 bridgehead atoms. The van der Waals surface area contributed by atoms with Crippen molar-refractivity contribution >= 4 is 28.1 Å². The van der Waals surface area contributed by atoms with E-state index < -0.39 is 0 Å². The number of rotatable bonds is 3. The molecule has 0 atom stereocenters. The van der Waals surface area contributed by atoms with Crippen molar-refractivity contribution in [2.24, 2.45) is 0 Å². The van der Waals surface area contributed by atoms with Crippen molar-refractivity contribution < 1.29 is 0 Å². The van der Waals surface area contributed by atoms with E-state index in [1.54, 1.807) is 11.3 Å². The van der Waals surface area contributed by atoms with Gasteiger partial charge in [0.1, 0.15) is 5.15 Å². The first-order chi connectivity index (χ1) is 6.24. The average molecular weight is 217 g/mol. The molecule has 13 heavy (non-hydrogen) atoms. The molecule has 1 aromatic heterocycles. The molecule has 0 saturated heterocycles. The van der Waals surface area contributed by atoms with Gasteiger partial charge < -0.3 is 5.32 Å². The number of hydrogen-bond acceptors (Lipinski definition) is 3. The average Bonchev–Trinajstić information content (AvgIpc) is 2.44. The molecular weight excluding hydrogens is 204 g/mol. The van der Waals surface area contributed by atoms with Crippen molar-refractivity contribution in [2.75, 3.05) is 5.32 Å². The third-order valence-electron chi connectivity index (χ3n) is 2.84. The first kappa shape index (κ1) is 9.28. The number of nitrogens with one attached hydrogen (secondary N) is 1. The summed E-state index contributed by atoms with van der Waals surface area (Å²) in [6, 6.07) is 0. The molecule has 0 unspecified atom stereocenters. The molecule has 4 heteroatoms. The highest BCUT2D eigenvalue weighted by Crippen LogP contribution is 2.38. The molecule has 1 heterocycles. The summed E-state index contributed by atoms with van der Waals surface area (Å²) in [6.45, 7) is 2.22. The Hall–Kier alpha value is -0.280. The topological polar surface area (TPSA) is 24.9 Å². The standard InChI is InChI=1S/C9H13ClN2S/c1-2-9(4-3-5-9)12-8-11-7(10)6-13-8/h6H,2-5H2,1H3,(H,11,12). The summed E-state index contributed by atoms with van der Waals surface area (Å²) in [7, 11) is 0. The lowest BCUT2D eigenvalue weighted by Crippen LogP contribution is -2.44. The lowest BCUT2D eigenvalue weighted by atomic mass is 9.75. The van der Waals surface area contributed by atoms with Gasteiger partial charge in [-0.25, -0.2) is 4.98 Å². The van der Waals surface area contributed by atoms with Gasteiger partial charge in [-0.15, -0.1) is 11.3 Å². The minimum absolute atomic E-state index is 0.321. The Balaban J connectivity index is 2.04. The van der Waals surface area contributed by atoms with Crippen LogP contribution in [0.25, 0.3) is 0 Å². The number of aromatic nitrogens is 1. The summed E-state index contributed by atoms with van der Waals surface area (Å²) < 4.78 is 0. The molecule has 1 aromatic rings. The van der Waals surface area contributed by atoms with Crippen LogP contribution in [0.3, 0.4) is 0 Å². The zero-order valence-electron chi connectivity index (χ0n) is 7.64. The van der Waals surface area contributed by atoms with Crippen LogP contribution in [-0.2, 0) is 0 Å². The maximum absolute atomic E-state index is 5.75. The van der Waals surface area contributed by atoms with E-state index in [9.17, 15) is 0 Å². The fourth-order valence-electron chi connectivity index (χ4n) is 1.71. The van der Waals surface area contributed by atoms with Crippen molar-refractivity contribution in [3.8, 4) is 0 Å². The van der Waals surface area contributed by atoms with Crippen LogP contribution in [0.1, 0.15) is 32.6 Å². The number of thiazole rings is 1. The molecule has 1 N–H and O–H groups in total. The van der Waals surface area contributed by atoms with E-state index in [2.05, 4.69) is 17.2 Å². The van der Waals surface area contributed by atoms with Crippen molar-refractivity contribution in [3.63, 3.8) is 0 Å². The zero-order chi connectivity index (χ0) is 9.31. The smallest absolute Gasteiger partial charge is 0.184 e. The van der Waals surface area contributed by atoms with Crippen LogP contribution in [0, 0.1) is 0 Å². The molecule has 0 amide bonds. The first-order valence-corrected chi connectivity index (χ1v) is 5.89. The predicted octanol–water partition coefficient (Wildman–Crippen LogP) is 3.54. The Morgan fingerprint density at radius 1 is 1.69 bits per heavy atom. The molecule has 2 nitrogen and oxygen atoms in total. The van der Waals surface area contributed by atoms with Crippen molar-refractivity contribution in [2.45, 2.75) is 38.1 Å². The van der Waals surface area contributed by atoms with Crippen molar-refractivity contribution in [1.82, 2.24) is 4.98 Å². The summed E-state index contributed by atoms with van der Waals surface area (Å²) in [4.78, 5) is 4.20. The van der Waals surface area contributed by atoms with Crippen LogP contribution in [0.2, 0.25) is 5.15 Å². The fraction of sp³-hybridized carbons (Fsp3) is 0.667. The van der Waals surface area contributed by atoms with Crippen LogP contribution in [0.4, 0.5) is 5.13 Å². The number of nitrogens with zero attached hydrogens (tertiary/aromatic N) is 1. The van der Waals surface area contributed by atoms with Crippen LogP contribution in [0.15, 0.2) is 5.38 Å². The fourth-order valence-corrected chi connectivity index (χ4v) is 2.67. The quantitative estimate of drug-likeness (QED) is 0.836. The molecule has 2 rings (SSSR count). The molecule has 0 aliphatic heterocycles. The van der Waals surface area contributed by atoms with Crippen molar-refractivity contribution in [3.05, 3.63) is 10.5 Å². The Morgan fingerprint density at radius 2 is 2.46 bits per heavy atom. The molecule has 0 aromatic carbocycles. The molecule has 1 aliphatic rings. The molecule has 1 aliphatic carbocycles. The molecule has 1 fully saturated rings. The second kappa shape index (κ2) is 3.46. The van der Waals surface area contributed by atoms with Gasteiger partial charge in [-0.1, -0.05) is 18.5 Å². The third kappa shape index (κ3) is 1.81. The lowest BCUT2D eigenvalue weighted by Gasteiger charge is -2.41. The van der Waals surface area contributed by atoms with Gasteiger partial charge in [-0.05, 0) is 25.7 Å². The second-order valence-corrected chi connectivity index (χ2v) is 4.83. The van der Waals surface area contributed by atoms with Gasteiger partial charge in [0.05, 0.1) is 0 Å². The SMILES string of the molecule is CCC1(Nc2nc(Cl)cs2)CCC1. The number of anilines is 1. The second-order valence-electron chi connectivity index (χ2n) is 3.59. The lowest BCUT2D eigenvalue weighted by molar-refractivity contribution is 0.269. The van der Waals surface area contributed by atoms with Gasteiger partial charge in [0.25, 0.3) is 0 Å². The van der Waals surface area contributed by atoms with E-state index in [4.69, 9.17) is 11.6 Å². The monoisotopic (exact) mass is 216 g/mol. The van der Waals surface area contributed by atoms with Gasteiger partial charge in [0, 0.05) is 10.9 Å². The maximum Gasteiger partial charge on any atom is 0.184 e. The first-order valence-electron chi connectivity index (χ1n) is 4.63. The van der Waals surface area contributed by atoms with E-state index in [-0.39, 0.29) is 0 Å². The molecule has 0 radical (unpaired) electrons. The van der Waals surface area contributed by atoms with E-state index in [0.29, 0.717) is 10.7 Å². The minimum atomic E-state index is 0.321.